The minimum Gasteiger partial charge on any atom is -0.467 e. The molecule has 0 radical (unpaired) electrons. The van der Waals surface area contributed by atoms with E-state index in [0.29, 0.717) is 19.1 Å². The number of rotatable bonds is 6. The van der Waals surface area contributed by atoms with Gasteiger partial charge in [-0.1, -0.05) is 12.7 Å². The van der Waals surface area contributed by atoms with Gasteiger partial charge in [0, 0.05) is 6.54 Å². The van der Waals surface area contributed by atoms with Gasteiger partial charge in [-0.15, -0.1) is 4.98 Å². The van der Waals surface area contributed by atoms with Crippen molar-refractivity contribution in [2.24, 2.45) is 0 Å². The first-order chi connectivity index (χ1) is 7.30. The van der Waals surface area contributed by atoms with Crippen LogP contribution >= 0.6 is 0 Å². The molecule has 1 N–H and O–H groups in total. The summed E-state index contributed by atoms with van der Waals surface area (Å²) in [7, 11) is 1.49. The lowest BCUT2D eigenvalue weighted by Crippen LogP contribution is -2.07. The maximum absolute atomic E-state index is 5.18. The molecule has 0 saturated carbocycles. The quantitative estimate of drug-likeness (QED) is 0.703. The fourth-order valence-corrected chi connectivity index (χ4v) is 0.864. The van der Waals surface area contributed by atoms with Gasteiger partial charge < -0.3 is 14.8 Å². The third-order valence-electron chi connectivity index (χ3n) is 1.44. The third-order valence-corrected chi connectivity index (χ3v) is 1.44. The molecule has 0 unspecified atom stereocenters. The van der Waals surface area contributed by atoms with Gasteiger partial charge in [0.15, 0.2) is 0 Å². The summed E-state index contributed by atoms with van der Waals surface area (Å²) in [4.78, 5) is 11.9. The zero-order chi connectivity index (χ0) is 11.1. The summed E-state index contributed by atoms with van der Waals surface area (Å²) in [6.07, 6.45) is 1.61. The summed E-state index contributed by atoms with van der Waals surface area (Å²) < 4.78 is 10.1. The Hall–Kier alpha value is -1.85. The zero-order valence-electron chi connectivity index (χ0n) is 8.86. The summed E-state index contributed by atoms with van der Waals surface area (Å²) in [5.41, 5.74) is 0. The van der Waals surface area contributed by atoms with Crippen molar-refractivity contribution in [3.8, 4) is 12.0 Å². The number of hydrogen-bond acceptors (Lipinski definition) is 6. The fourth-order valence-electron chi connectivity index (χ4n) is 0.864. The molecule has 15 heavy (non-hydrogen) atoms. The van der Waals surface area contributed by atoms with E-state index in [1.54, 1.807) is 6.08 Å². The summed E-state index contributed by atoms with van der Waals surface area (Å²) >= 11 is 0. The van der Waals surface area contributed by atoms with Gasteiger partial charge in [0.1, 0.15) is 6.61 Å². The lowest BCUT2D eigenvalue weighted by Gasteiger charge is -2.06. The van der Waals surface area contributed by atoms with Crippen molar-refractivity contribution < 1.29 is 9.47 Å². The van der Waals surface area contributed by atoms with Crippen LogP contribution in [0, 0.1) is 0 Å². The van der Waals surface area contributed by atoms with Crippen LogP contribution in [0.2, 0.25) is 0 Å². The summed E-state index contributed by atoms with van der Waals surface area (Å²) in [5, 5.41) is 2.95. The largest absolute Gasteiger partial charge is 0.467 e. The van der Waals surface area contributed by atoms with E-state index in [0.717, 1.165) is 0 Å². The van der Waals surface area contributed by atoms with Crippen LogP contribution in [-0.2, 0) is 0 Å². The molecule has 0 atom stereocenters. The molecule has 82 valence electrons. The smallest absolute Gasteiger partial charge is 0.324 e. The highest BCUT2D eigenvalue weighted by molar-refractivity contribution is 5.27. The van der Waals surface area contributed by atoms with Crippen LogP contribution in [-0.4, -0.2) is 35.2 Å². The number of aromatic nitrogens is 3. The maximum atomic E-state index is 5.18. The summed E-state index contributed by atoms with van der Waals surface area (Å²) in [5.74, 6) is 0.434. The number of nitrogens with zero attached hydrogens (tertiary/aromatic N) is 3. The van der Waals surface area contributed by atoms with Crippen molar-refractivity contribution in [1.29, 1.82) is 0 Å². The van der Waals surface area contributed by atoms with Crippen molar-refractivity contribution in [3.05, 3.63) is 12.7 Å². The number of anilines is 1. The van der Waals surface area contributed by atoms with Gasteiger partial charge in [0.25, 0.3) is 0 Å². The highest BCUT2D eigenvalue weighted by Crippen LogP contribution is 2.12. The second-order valence-corrected chi connectivity index (χ2v) is 2.56. The molecule has 0 bridgehead atoms. The Labute approximate surface area is 88.4 Å². The first kappa shape index (κ1) is 11.2. The molecule has 0 amide bonds. The number of ether oxygens (including phenoxy) is 2. The van der Waals surface area contributed by atoms with E-state index in [-0.39, 0.29) is 12.0 Å². The molecule has 1 rings (SSSR count). The van der Waals surface area contributed by atoms with Gasteiger partial charge in [0.2, 0.25) is 5.95 Å². The van der Waals surface area contributed by atoms with Crippen LogP contribution in [0.4, 0.5) is 5.95 Å². The van der Waals surface area contributed by atoms with Crippen LogP contribution < -0.4 is 14.8 Å². The Morgan fingerprint density at radius 1 is 1.33 bits per heavy atom. The predicted octanol–water partition coefficient (Wildman–Crippen LogP) is 0.877. The lowest BCUT2D eigenvalue weighted by molar-refractivity contribution is 0.313. The van der Waals surface area contributed by atoms with Crippen LogP contribution in [0.3, 0.4) is 0 Å². The average molecular weight is 210 g/mol. The Bertz CT molecular complexity index is 330. The fraction of sp³-hybridized carbons (Fsp3) is 0.444. The van der Waals surface area contributed by atoms with Crippen LogP contribution in [0.25, 0.3) is 0 Å². The zero-order valence-corrected chi connectivity index (χ0v) is 8.86. The minimum absolute atomic E-state index is 0.220. The van der Waals surface area contributed by atoms with Crippen molar-refractivity contribution in [1.82, 2.24) is 15.0 Å². The van der Waals surface area contributed by atoms with Crippen LogP contribution in [0.1, 0.15) is 6.92 Å². The molecular weight excluding hydrogens is 196 g/mol. The van der Waals surface area contributed by atoms with E-state index in [4.69, 9.17) is 9.47 Å². The van der Waals surface area contributed by atoms with E-state index in [1.165, 1.54) is 7.11 Å². The highest BCUT2D eigenvalue weighted by atomic mass is 16.5. The van der Waals surface area contributed by atoms with E-state index >= 15 is 0 Å². The van der Waals surface area contributed by atoms with E-state index in [1.807, 2.05) is 6.92 Å². The number of methoxy groups -OCH3 is 1. The topological polar surface area (TPSA) is 69.2 Å². The second kappa shape index (κ2) is 5.79. The third kappa shape index (κ3) is 3.41. The van der Waals surface area contributed by atoms with Crippen molar-refractivity contribution >= 4 is 5.95 Å². The minimum atomic E-state index is 0.220. The molecule has 0 aliphatic carbocycles. The maximum Gasteiger partial charge on any atom is 0.324 e. The normalized spacial score (nSPS) is 9.47. The Morgan fingerprint density at radius 2 is 2.07 bits per heavy atom. The molecule has 0 aliphatic rings. The van der Waals surface area contributed by atoms with E-state index in [2.05, 4.69) is 26.8 Å². The SMILES string of the molecule is C=CCOc1nc(NCC)nc(OC)n1. The monoisotopic (exact) mass is 210 g/mol. The molecule has 0 saturated heterocycles. The van der Waals surface area contributed by atoms with Gasteiger partial charge in [0.05, 0.1) is 7.11 Å². The standard InChI is InChI=1S/C9H14N4O2/c1-4-6-15-9-12-7(10-5-2)11-8(13-9)14-3/h4H,1,5-6H2,2-3H3,(H,10,11,12,13). The molecule has 1 aromatic rings. The summed E-state index contributed by atoms with van der Waals surface area (Å²) in [6.45, 7) is 6.54. The first-order valence-corrected chi connectivity index (χ1v) is 4.57. The Kier molecular flexibility index (Phi) is 4.33. The van der Waals surface area contributed by atoms with Crippen molar-refractivity contribution in [3.63, 3.8) is 0 Å². The average Bonchev–Trinajstić information content (AvgIpc) is 2.26. The van der Waals surface area contributed by atoms with Gasteiger partial charge in [-0.3, -0.25) is 0 Å². The summed E-state index contributed by atoms with van der Waals surface area (Å²) in [6, 6.07) is 0.442. The Morgan fingerprint density at radius 3 is 2.67 bits per heavy atom. The second-order valence-electron chi connectivity index (χ2n) is 2.56. The molecule has 6 nitrogen and oxygen atoms in total. The van der Waals surface area contributed by atoms with Gasteiger partial charge in [-0.2, -0.15) is 9.97 Å². The molecule has 0 aliphatic heterocycles. The molecule has 0 aromatic carbocycles. The molecular formula is C9H14N4O2. The molecule has 0 spiro atoms. The van der Waals surface area contributed by atoms with Crippen molar-refractivity contribution in [2.45, 2.75) is 6.92 Å². The predicted molar refractivity (Wildman–Crippen MR) is 56.2 cm³/mol. The number of nitrogens with one attached hydrogen (secondary N) is 1. The molecule has 1 aromatic heterocycles. The van der Waals surface area contributed by atoms with Crippen LogP contribution in [0.15, 0.2) is 12.7 Å². The molecule has 1 heterocycles. The van der Waals surface area contributed by atoms with Gasteiger partial charge in [-0.05, 0) is 6.92 Å². The van der Waals surface area contributed by atoms with Gasteiger partial charge in [-0.25, -0.2) is 0 Å². The van der Waals surface area contributed by atoms with Gasteiger partial charge >= 0.3 is 12.0 Å². The van der Waals surface area contributed by atoms with Crippen LogP contribution in [0.5, 0.6) is 12.0 Å². The highest BCUT2D eigenvalue weighted by Gasteiger charge is 2.06. The molecule has 6 heteroatoms. The lowest BCUT2D eigenvalue weighted by atomic mass is 10.7. The van der Waals surface area contributed by atoms with E-state index < -0.39 is 0 Å². The first-order valence-electron chi connectivity index (χ1n) is 4.57. The van der Waals surface area contributed by atoms with Crippen molar-refractivity contribution in [2.75, 3.05) is 25.6 Å². The number of hydrogen-bond donors (Lipinski definition) is 1. The molecule has 0 fully saturated rings. The van der Waals surface area contributed by atoms with E-state index in [9.17, 15) is 0 Å². The Balaban J connectivity index is 2.84.